The molecule has 8 unspecified atom stereocenters. The lowest BCUT2D eigenvalue weighted by molar-refractivity contribution is 0.366. The lowest BCUT2D eigenvalue weighted by Gasteiger charge is -2.36. The number of likely N-dealkylation sites (tertiary alicyclic amines) is 1. The zero-order chi connectivity index (χ0) is 34.9. The van der Waals surface area contributed by atoms with E-state index in [0.29, 0.717) is 29.6 Å². The second-order valence-electron chi connectivity index (χ2n) is 15.9. The average Bonchev–Trinajstić information content (AvgIpc) is 3.97. The molecule has 6 aliphatic carbocycles. The van der Waals surface area contributed by atoms with Gasteiger partial charge in [0, 0.05) is 45.7 Å². The summed E-state index contributed by atoms with van der Waals surface area (Å²) in [6, 6.07) is 9.29. The number of fused-ring (bicyclic) bond motifs is 7. The minimum atomic E-state index is 0.166. The smallest absolute Gasteiger partial charge is 0.226 e. The Morgan fingerprint density at radius 2 is 1.72 bits per heavy atom. The third-order valence-corrected chi connectivity index (χ3v) is 14.2. The number of aliphatic imine (C=N–C) groups is 2. The Bertz CT molecular complexity index is 2340. The molecule has 0 saturated carbocycles. The van der Waals surface area contributed by atoms with E-state index in [9.17, 15) is 0 Å². The molecule has 0 radical (unpaired) electrons. The van der Waals surface area contributed by atoms with Gasteiger partial charge in [-0.1, -0.05) is 109 Å². The van der Waals surface area contributed by atoms with Gasteiger partial charge in [0.2, 0.25) is 5.96 Å². The number of rotatable bonds is 4. The Balaban J connectivity index is 0.992. The second kappa shape index (κ2) is 12.8. The topological polar surface area (TPSA) is 40.0 Å². The first kappa shape index (κ1) is 31.5. The monoisotopic (exact) mass is 708 g/mol. The SMILES string of the molecule is C1=CCCC(C2=CC(C3=NC(N4C5C=CC=CC5C5C=CC(C6C=Cc7sc8ccccc8c7C6)=CC54)=NC4=CC=CCC43)=CC(C3C=CNC3)C2)=C1. The van der Waals surface area contributed by atoms with Crippen molar-refractivity contribution in [3.8, 4) is 0 Å². The van der Waals surface area contributed by atoms with E-state index >= 15 is 0 Å². The Hall–Kier alpha value is -5.00. The van der Waals surface area contributed by atoms with Gasteiger partial charge < -0.3 is 10.2 Å². The third kappa shape index (κ3) is 5.38. The summed E-state index contributed by atoms with van der Waals surface area (Å²) in [7, 11) is 0. The summed E-state index contributed by atoms with van der Waals surface area (Å²) in [5.41, 5.74) is 9.51. The summed E-state index contributed by atoms with van der Waals surface area (Å²) >= 11 is 1.92. The van der Waals surface area contributed by atoms with Gasteiger partial charge in [-0.2, -0.15) is 0 Å². The molecular formula is C48H44N4S. The van der Waals surface area contributed by atoms with Gasteiger partial charge >= 0.3 is 0 Å². The minimum absolute atomic E-state index is 0.166. The largest absolute Gasteiger partial charge is 0.391 e. The molecule has 1 fully saturated rings. The molecule has 11 rings (SSSR count). The van der Waals surface area contributed by atoms with Crippen molar-refractivity contribution in [1.29, 1.82) is 0 Å². The fourth-order valence-electron chi connectivity index (χ4n) is 10.3. The molecule has 5 heteroatoms. The van der Waals surface area contributed by atoms with Gasteiger partial charge in [-0.3, -0.25) is 0 Å². The summed E-state index contributed by atoms with van der Waals surface area (Å²) in [6.45, 7) is 0.999. The zero-order valence-corrected chi connectivity index (χ0v) is 30.7. The predicted molar refractivity (Wildman–Crippen MR) is 222 cm³/mol. The Labute approximate surface area is 316 Å². The van der Waals surface area contributed by atoms with Crippen molar-refractivity contribution in [2.24, 2.45) is 45.5 Å². The van der Waals surface area contributed by atoms with E-state index in [4.69, 9.17) is 9.98 Å². The number of hydrogen-bond acceptors (Lipinski definition) is 5. The first-order valence-corrected chi connectivity index (χ1v) is 20.5. The van der Waals surface area contributed by atoms with Crippen LogP contribution in [-0.2, 0) is 6.42 Å². The van der Waals surface area contributed by atoms with Gasteiger partial charge in [0.1, 0.15) is 0 Å². The second-order valence-corrected chi connectivity index (χ2v) is 17.0. The van der Waals surface area contributed by atoms with Gasteiger partial charge in [0.05, 0.1) is 23.5 Å². The number of nitrogens with one attached hydrogen (secondary N) is 1. The van der Waals surface area contributed by atoms with Crippen LogP contribution in [0.3, 0.4) is 0 Å². The number of hydrogen-bond donors (Lipinski definition) is 1. The van der Waals surface area contributed by atoms with Crippen molar-refractivity contribution in [3.05, 3.63) is 172 Å². The van der Waals surface area contributed by atoms with E-state index in [-0.39, 0.29) is 18.0 Å². The van der Waals surface area contributed by atoms with Crippen molar-refractivity contribution in [1.82, 2.24) is 10.2 Å². The predicted octanol–water partition coefficient (Wildman–Crippen LogP) is 10.1. The fraction of sp³-hybridized carbons (Fsp3) is 0.292. The molecule has 1 aromatic carbocycles. The van der Waals surface area contributed by atoms with Crippen LogP contribution < -0.4 is 5.32 Å². The van der Waals surface area contributed by atoms with E-state index in [1.54, 1.807) is 0 Å². The Kier molecular flexibility index (Phi) is 7.64. The molecule has 1 aromatic heterocycles. The Morgan fingerprint density at radius 1 is 0.792 bits per heavy atom. The highest BCUT2D eigenvalue weighted by atomic mass is 32.1. The number of nitrogens with zero attached hydrogens (tertiary/aromatic N) is 3. The van der Waals surface area contributed by atoms with Gasteiger partial charge in [-0.15, -0.1) is 11.3 Å². The summed E-state index contributed by atoms with van der Waals surface area (Å²) in [5.74, 6) is 3.06. The lowest BCUT2D eigenvalue weighted by atomic mass is 9.75. The molecule has 1 saturated heterocycles. The minimum Gasteiger partial charge on any atom is -0.391 e. The molecule has 3 aliphatic heterocycles. The fourth-order valence-corrected chi connectivity index (χ4v) is 11.4. The maximum absolute atomic E-state index is 5.70. The van der Waals surface area contributed by atoms with Crippen LogP contribution in [-0.4, -0.2) is 35.2 Å². The van der Waals surface area contributed by atoms with Crippen LogP contribution in [0, 0.1) is 35.5 Å². The van der Waals surface area contributed by atoms with Crippen molar-refractivity contribution in [2.75, 3.05) is 6.54 Å². The van der Waals surface area contributed by atoms with Crippen LogP contribution in [0.1, 0.15) is 36.1 Å². The van der Waals surface area contributed by atoms with Crippen molar-refractivity contribution in [2.45, 2.75) is 44.2 Å². The molecule has 8 atom stereocenters. The van der Waals surface area contributed by atoms with E-state index in [1.807, 2.05) is 11.3 Å². The maximum atomic E-state index is 5.70. The summed E-state index contributed by atoms with van der Waals surface area (Å²) in [6.07, 6.45) is 50.1. The first-order chi connectivity index (χ1) is 26.2. The van der Waals surface area contributed by atoms with Crippen molar-refractivity contribution >= 4 is 39.2 Å². The molecule has 0 amide bonds. The molecule has 0 spiro atoms. The van der Waals surface area contributed by atoms with Crippen LogP contribution in [0.25, 0.3) is 16.2 Å². The molecule has 2 aromatic rings. The van der Waals surface area contributed by atoms with Crippen molar-refractivity contribution in [3.63, 3.8) is 0 Å². The highest BCUT2D eigenvalue weighted by molar-refractivity contribution is 7.20. The maximum Gasteiger partial charge on any atom is 0.226 e. The van der Waals surface area contributed by atoms with Crippen LogP contribution in [0.4, 0.5) is 0 Å². The first-order valence-electron chi connectivity index (χ1n) is 19.7. The highest BCUT2D eigenvalue weighted by Gasteiger charge is 2.49. The molecule has 262 valence electrons. The van der Waals surface area contributed by atoms with E-state index in [2.05, 4.69) is 150 Å². The molecular weight excluding hydrogens is 665 g/mol. The zero-order valence-electron chi connectivity index (χ0n) is 29.9. The highest BCUT2D eigenvalue weighted by Crippen LogP contribution is 2.47. The summed E-state index contributed by atoms with van der Waals surface area (Å²) in [5, 5.41) is 4.90. The normalized spacial score (nSPS) is 33.2. The Morgan fingerprint density at radius 3 is 2.64 bits per heavy atom. The summed E-state index contributed by atoms with van der Waals surface area (Å²) in [4.78, 5) is 15.2. The molecule has 53 heavy (non-hydrogen) atoms. The molecule has 9 aliphatic rings. The molecule has 1 N–H and O–H groups in total. The quantitative estimate of drug-likeness (QED) is 0.344. The van der Waals surface area contributed by atoms with Gasteiger partial charge in [-0.25, -0.2) is 9.98 Å². The van der Waals surface area contributed by atoms with Gasteiger partial charge in [0.15, 0.2) is 0 Å². The number of thiophene rings is 1. The van der Waals surface area contributed by atoms with E-state index < -0.39 is 0 Å². The molecule has 4 heterocycles. The van der Waals surface area contributed by atoms with Gasteiger partial charge in [0.25, 0.3) is 0 Å². The lowest BCUT2D eigenvalue weighted by Crippen LogP contribution is -2.43. The molecule has 0 bridgehead atoms. The van der Waals surface area contributed by atoms with Crippen molar-refractivity contribution < 1.29 is 0 Å². The average molecular weight is 709 g/mol. The van der Waals surface area contributed by atoms with Gasteiger partial charge in [-0.05, 0) is 102 Å². The van der Waals surface area contributed by atoms with Crippen LogP contribution in [0.15, 0.2) is 172 Å². The third-order valence-electron chi connectivity index (χ3n) is 13.0. The summed E-state index contributed by atoms with van der Waals surface area (Å²) < 4.78 is 1.39. The van der Waals surface area contributed by atoms with E-state index in [1.165, 1.54) is 48.5 Å². The standard InChI is InChI=1S/C48H44N4S/c1-2-10-30(11-3-1)34-24-35(33-22-23-49-29-33)26-36(25-34)47-40-14-4-7-15-42(40)50-48(51-47)52-43-16-8-5-12-37(43)38-20-18-32(28-44(38)52)31-19-21-46-41(27-31)39-13-6-9-17-45(39)53-46/h1-2,4-10,12-13,15-23,25-26,28,31,33,35,37-38,40,43-44,49H,3,11,14,24,27,29H2. The van der Waals surface area contributed by atoms with Crippen LogP contribution in [0.5, 0.6) is 0 Å². The van der Waals surface area contributed by atoms with E-state index in [0.717, 1.165) is 50.3 Å². The van der Waals surface area contributed by atoms with Crippen LogP contribution in [0.2, 0.25) is 0 Å². The number of benzene rings is 1. The van der Waals surface area contributed by atoms with Crippen LogP contribution >= 0.6 is 11.3 Å². The molecule has 4 nitrogen and oxygen atoms in total. The number of allylic oxidation sites excluding steroid dienone is 17. The number of guanidine groups is 1.